The van der Waals surface area contributed by atoms with Crippen LogP contribution in [0.4, 0.5) is 22.7 Å². The van der Waals surface area contributed by atoms with E-state index in [0.717, 1.165) is 143 Å². The third-order valence-electron chi connectivity index (χ3n) is 22.8. The Hall–Kier alpha value is -12.0. The van der Waals surface area contributed by atoms with Crippen LogP contribution in [0.1, 0.15) is 128 Å². The van der Waals surface area contributed by atoms with E-state index in [2.05, 4.69) is 184 Å². The molecule has 0 saturated carbocycles. The molecular formula is C94H112N12O12. The van der Waals surface area contributed by atoms with E-state index in [-0.39, 0.29) is 22.3 Å². The quantitative estimate of drug-likeness (QED) is 0.0218. The van der Waals surface area contributed by atoms with Crippen LogP contribution in [-0.2, 0) is 38.8 Å². The molecule has 4 saturated heterocycles. The van der Waals surface area contributed by atoms with Crippen molar-refractivity contribution in [3.05, 3.63) is 279 Å². The van der Waals surface area contributed by atoms with Crippen molar-refractivity contribution in [2.75, 3.05) is 126 Å². The lowest BCUT2D eigenvalue weighted by molar-refractivity contribution is 0.0684. The molecule has 0 amide bonds. The predicted molar refractivity (Wildman–Crippen MR) is 470 cm³/mol. The number of pyridine rings is 4. The van der Waals surface area contributed by atoms with Gasteiger partial charge >= 0.3 is 23.9 Å². The lowest BCUT2D eigenvalue weighted by Gasteiger charge is -2.23. The first-order valence-corrected chi connectivity index (χ1v) is 41.1. The number of hydrogen-bond donors (Lipinski definition) is 10. The predicted octanol–water partition coefficient (Wildman–Crippen LogP) is 13.2. The summed E-state index contributed by atoms with van der Waals surface area (Å²) in [5, 5.41) is 43.5. The smallest absolute Gasteiger partial charge is 0.341 e. The number of H-pyrrole nitrogens is 4. The Morgan fingerprint density at radius 2 is 0.661 bits per heavy atom. The molecule has 4 unspecified atom stereocenters. The van der Waals surface area contributed by atoms with Crippen molar-refractivity contribution in [3.63, 3.8) is 0 Å². The van der Waals surface area contributed by atoms with Gasteiger partial charge in [-0.15, -0.1) is 0 Å². The van der Waals surface area contributed by atoms with Crippen LogP contribution < -0.4 is 52.5 Å². The minimum Gasteiger partial charge on any atom is -0.477 e. The Morgan fingerprint density at radius 1 is 0.381 bits per heavy atom. The second-order valence-electron chi connectivity index (χ2n) is 31.5. The van der Waals surface area contributed by atoms with Gasteiger partial charge in [0.1, 0.15) is 22.3 Å². The van der Waals surface area contributed by atoms with E-state index in [0.29, 0.717) is 72.1 Å². The number of aromatic nitrogens is 4. The molecule has 4 fully saturated rings. The van der Waals surface area contributed by atoms with Crippen LogP contribution in [0.5, 0.6) is 0 Å². The number of aryl methyl sites for hydroxylation is 4. The van der Waals surface area contributed by atoms with E-state index in [1.807, 2.05) is 89.3 Å². The Morgan fingerprint density at radius 3 is 0.949 bits per heavy atom. The molecule has 0 bridgehead atoms. The summed E-state index contributed by atoms with van der Waals surface area (Å²) in [5.74, 6) is -2.20. The van der Waals surface area contributed by atoms with E-state index in [1.54, 1.807) is 0 Å². The first kappa shape index (κ1) is 86.9. The standard InChI is InChI=1S/C27H31N3O3.C26H29N3O3.C21H27N3O3.C20H25N3O3/c1-3-21-15-24(27(32)33)26(31)28-25(21)22-9-11-23(12-10-22)30-14-13-20(18-30)17-29(2)16-19-7-5-4-6-8-19;1-2-20-14-23(26(31)32)25(30)28-24(20)21-8-10-22(11-9-21)29-13-12-19(17-29)16-27-15-18-6-4-3-5-7-18;1-4-15-11-18(21(26)27)20(25)22-19(15)16-5-7-17(8-6-16)24-10-9-14(13-24)12-23(2)3;1-3-14-10-17(20(25)26)19(24)22-18(14)15-4-6-16(7-5-15)23-9-8-13(12-23)11-21-2/h4-12,15,20H,3,13-14,16-18H2,1-2H3,(H,28,31)(H,32,33);3-11,14,19,27H,2,12-13,15-17H2,1H3,(H,28,30)(H,31,32);5-8,11,14H,4,9-10,12-13H2,1-3H3,(H,22,25)(H,26,27);4-7,10,13,21H,3,8-9,11-12H2,1-2H3,(H,22,24)(H,25,26). The van der Waals surface area contributed by atoms with Crippen LogP contribution in [0, 0.1) is 23.7 Å². The van der Waals surface area contributed by atoms with Crippen molar-refractivity contribution < 1.29 is 39.6 Å². The van der Waals surface area contributed by atoms with Gasteiger partial charge in [0.2, 0.25) is 0 Å². The molecule has 620 valence electrons. The number of hydrogen-bond acceptors (Lipinski definition) is 16. The highest BCUT2D eigenvalue weighted by atomic mass is 16.4. The van der Waals surface area contributed by atoms with Crippen molar-refractivity contribution in [1.82, 2.24) is 40.4 Å². The molecule has 10 aromatic rings. The molecule has 0 aliphatic carbocycles. The second-order valence-corrected chi connectivity index (χ2v) is 31.5. The highest BCUT2D eigenvalue weighted by Crippen LogP contribution is 2.34. The number of anilines is 4. The van der Waals surface area contributed by atoms with E-state index in [4.69, 9.17) is 10.2 Å². The third-order valence-corrected chi connectivity index (χ3v) is 22.8. The van der Waals surface area contributed by atoms with Gasteiger partial charge in [0.05, 0.1) is 22.8 Å². The van der Waals surface area contributed by atoms with Crippen LogP contribution in [0.3, 0.4) is 0 Å². The largest absolute Gasteiger partial charge is 0.477 e. The van der Waals surface area contributed by atoms with Crippen molar-refractivity contribution in [1.29, 1.82) is 0 Å². The van der Waals surface area contributed by atoms with Crippen LogP contribution >= 0.6 is 0 Å². The highest BCUT2D eigenvalue weighted by molar-refractivity contribution is 5.90. The van der Waals surface area contributed by atoms with E-state index in [1.165, 1.54) is 77.4 Å². The van der Waals surface area contributed by atoms with Crippen LogP contribution in [0.15, 0.2) is 201 Å². The van der Waals surface area contributed by atoms with Crippen molar-refractivity contribution in [3.8, 4) is 45.0 Å². The number of carbonyl (C=O) groups is 4. The van der Waals surface area contributed by atoms with Crippen molar-refractivity contribution in [2.24, 2.45) is 23.7 Å². The fraction of sp³-hybridized carbons (Fsp3) is 0.362. The van der Waals surface area contributed by atoms with Gasteiger partial charge in [-0.1, -0.05) is 137 Å². The summed E-state index contributed by atoms with van der Waals surface area (Å²) in [6, 6.07) is 59.6. The van der Waals surface area contributed by atoms with Crippen molar-refractivity contribution in [2.45, 2.75) is 92.2 Å². The normalized spacial score (nSPS) is 16.3. The fourth-order valence-electron chi connectivity index (χ4n) is 16.6. The molecule has 4 atom stereocenters. The van der Waals surface area contributed by atoms with Gasteiger partial charge in [0, 0.05) is 108 Å². The number of aromatic amines is 4. The van der Waals surface area contributed by atoms with E-state index in [9.17, 15) is 48.6 Å². The monoisotopic (exact) mass is 1600 g/mol. The van der Waals surface area contributed by atoms with E-state index < -0.39 is 46.1 Å². The molecule has 0 spiro atoms. The van der Waals surface area contributed by atoms with Crippen LogP contribution in [0.25, 0.3) is 45.0 Å². The third kappa shape index (κ3) is 22.6. The Kier molecular flexibility index (Phi) is 30.4. The lowest BCUT2D eigenvalue weighted by atomic mass is 10.0. The zero-order valence-electron chi connectivity index (χ0n) is 68.9. The van der Waals surface area contributed by atoms with Gasteiger partial charge < -0.3 is 80.4 Å². The second kappa shape index (κ2) is 41.2. The average Bonchev–Trinajstić information content (AvgIpc) is 0.888. The molecular weight excluding hydrogens is 1490 g/mol. The molecule has 118 heavy (non-hydrogen) atoms. The van der Waals surface area contributed by atoms with Gasteiger partial charge in [-0.3, -0.25) is 19.2 Å². The molecule has 24 nitrogen and oxygen atoms in total. The van der Waals surface area contributed by atoms with Gasteiger partial charge in [-0.25, -0.2) is 19.2 Å². The van der Waals surface area contributed by atoms with Gasteiger partial charge in [0.25, 0.3) is 22.2 Å². The number of benzene rings is 6. The summed E-state index contributed by atoms with van der Waals surface area (Å²) < 4.78 is 0. The Balaban J connectivity index is 0.000000155. The molecule has 4 aliphatic rings. The first-order valence-electron chi connectivity index (χ1n) is 41.1. The Labute approximate surface area is 689 Å². The van der Waals surface area contributed by atoms with Crippen molar-refractivity contribution >= 4 is 46.6 Å². The van der Waals surface area contributed by atoms with E-state index >= 15 is 0 Å². The molecule has 0 radical (unpaired) electrons. The highest BCUT2D eigenvalue weighted by Gasteiger charge is 2.29. The molecule has 4 aliphatic heterocycles. The summed E-state index contributed by atoms with van der Waals surface area (Å²) in [6.07, 6.45) is 7.28. The number of nitrogens with one attached hydrogen (secondary N) is 6. The maximum absolute atomic E-state index is 12.2. The number of aromatic carboxylic acids is 4. The number of carboxylic acids is 4. The zero-order chi connectivity index (χ0) is 84.1. The lowest BCUT2D eigenvalue weighted by Crippen LogP contribution is -2.28. The summed E-state index contributed by atoms with van der Waals surface area (Å²) in [4.78, 5) is 119. The minimum absolute atomic E-state index is 0.212. The summed E-state index contributed by atoms with van der Waals surface area (Å²) in [7, 11) is 8.39. The molecule has 4 aromatic heterocycles. The number of rotatable bonds is 28. The average molecular weight is 1600 g/mol. The van der Waals surface area contributed by atoms with Crippen LogP contribution in [0.2, 0.25) is 0 Å². The van der Waals surface area contributed by atoms with Gasteiger partial charge in [0.15, 0.2) is 0 Å². The maximum atomic E-state index is 12.2. The first-order chi connectivity index (χ1) is 56.9. The zero-order valence-corrected chi connectivity index (χ0v) is 68.9. The Bertz CT molecular complexity index is 5300. The number of carboxylic acid groups (broad SMARTS) is 4. The SMILES string of the molecule is CCc1cc(C(=O)O)c(=O)[nH]c1-c1ccc(N2CCC(CN(C)C)C2)cc1.CCc1cc(C(=O)O)c(=O)[nH]c1-c1ccc(N2CCC(CN(C)Cc3ccccc3)C2)cc1.CCc1cc(C(=O)O)c(=O)[nH]c1-c1ccc(N2CCC(CNC)C2)cc1.CCc1cc(C(=O)O)c(=O)[nH]c1-c1ccc(N2CCC(CNCc3ccccc3)C2)cc1. The summed E-state index contributed by atoms with van der Waals surface area (Å²) >= 11 is 0. The molecule has 24 heteroatoms. The molecule has 10 N–H and O–H groups in total. The summed E-state index contributed by atoms with van der Waals surface area (Å²) in [5.41, 5.74) is 13.9. The van der Waals surface area contributed by atoms with Gasteiger partial charge in [-0.2, -0.15) is 0 Å². The summed E-state index contributed by atoms with van der Waals surface area (Å²) in [6.45, 7) is 22.2. The molecule has 6 aromatic carbocycles. The van der Waals surface area contributed by atoms with Gasteiger partial charge in [-0.05, 0) is 238 Å². The fourth-order valence-corrected chi connectivity index (χ4v) is 16.6. The maximum Gasteiger partial charge on any atom is 0.341 e. The van der Waals surface area contributed by atoms with Crippen LogP contribution in [-0.4, -0.2) is 181 Å². The molecule has 14 rings (SSSR count). The molecule has 8 heterocycles. The topological polar surface area (TPSA) is 324 Å². The minimum atomic E-state index is -1.20. The number of nitrogens with zero attached hydrogens (tertiary/aromatic N) is 6.